The zero-order chi connectivity index (χ0) is 14.8. The van der Waals surface area contributed by atoms with Gasteiger partial charge >= 0.3 is 0 Å². The van der Waals surface area contributed by atoms with Crippen molar-refractivity contribution in [3.8, 4) is 17.2 Å². The molecule has 5 heteroatoms. The van der Waals surface area contributed by atoms with Crippen LogP contribution in [0.4, 0.5) is 0 Å². The van der Waals surface area contributed by atoms with E-state index >= 15 is 0 Å². The van der Waals surface area contributed by atoms with E-state index < -0.39 is 6.10 Å². The van der Waals surface area contributed by atoms with Crippen LogP contribution in [0.15, 0.2) is 36.4 Å². The molecule has 0 fully saturated rings. The lowest BCUT2D eigenvalue weighted by Gasteiger charge is -2.14. The van der Waals surface area contributed by atoms with Gasteiger partial charge in [-0.15, -0.1) is 0 Å². The van der Waals surface area contributed by atoms with Gasteiger partial charge in [0.05, 0.1) is 18.2 Å². The highest BCUT2D eigenvalue weighted by Gasteiger charge is 2.21. The van der Waals surface area contributed by atoms with E-state index in [9.17, 15) is 5.11 Å². The quantitative estimate of drug-likeness (QED) is 0.941. The highest BCUT2D eigenvalue weighted by Crippen LogP contribution is 2.41. The number of methoxy groups -OCH3 is 1. The Kier molecular flexibility index (Phi) is 3.90. The first-order valence-electron chi connectivity index (χ1n) is 6.58. The smallest absolute Gasteiger partial charge is 0.231 e. The van der Waals surface area contributed by atoms with Crippen molar-refractivity contribution in [2.45, 2.75) is 12.5 Å². The molecule has 2 aromatic carbocycles. The first kappa shape index (κ1) is 14.0. The van der Waals surface area contributed by atoms with Crippen molar-refractivity contribution in [3.63, 3.8) is 0 Å². The Hall–Kier alpha value is -1.91. The van der Waals surface area contributed by atoms with Crippen LogP contribution in [-0.2, 0) is 6.42 Å². The van der Waals surface area contributed by atoms with Gasteiger partial charge in [-0.1, -0.05) is 29.8 Å². The molecular weight excluding hydrogens is 292 g/mol. The summed E-state index contributed by atoms with van der Waals surface area (Å²) in [5, 5.41) is 10.9. The second kappa shape index (κ2) is 5.84. The van der Waals surface area contributed by atoms with Crippen LogP contribution >= 0.6 is 11.6 Å². The van der Waals surface area contributed by atoms with E-state index in [0.29, 0.717) is 28.5 Å². The van der Waals surface area contributed by atoms with Crippen LogP contribution in [0.25, 0.3) is 0 Å². The number of para-hydroxylation sites is 1. The summed E-state index contributed by atoms with van der Waals surface area (Å²) in [4.78, 5) is 0. The minimum Gasteiger partial charge on any atom is -0.496 e. The van der Waals surface area contributed by atoms with Crippen molar-refractivity contribution in [1.82, 2.24) is 0 Å². The molecule has 2 aromatic rings. The van der Waals surface area contributed by atoms with E-state index in [-0.39, 0.29) is 6.79 Å². The summed E-state index contributed by atoms with van der Waals surface area (Å²) in [7, 11) is 1.61. The van der Waals surface area contributed by atoms with E-state index in [1.807, 2.05) is 24.3 Å². The third-order valence-corrected chi connectivity index (χ3v) is 3.72. The van der Waals surface area contributed by atoms with Gasteiger partial charge in [0.25, 0.3) is 0 Å². The minimum atomic E-state index is -0.701. The fourth-order valence-corrected chi connectivity index (χ4v) is 2.65. The Labute approximate surface area is 127 Å². The molecule has 1 N–H and O–H groups in total. The zero-order valence-corrected chi connectivity index (χ0v) is 12.3. The van der Waals surface area contributed by atoms with E-state index in [0.717, 1.165) is 11.3 Å². The molecule has 3 rings (SSSR count). The monoisotopic (exact) mass is 306 g/mol. The SMILES string of the molecule is COc1ccccc1CC(O)c1cc(Cl)c2c(c1)OCO2. The van der Waals surface area contributed by atoms with Gasteiger partial charge in [0.15, 0.2) is 11.5 Å². The molecule has 0 aliphatic carbocycles. The molecule has 21 heavy (non-hydrogen) atoms. The summed E-state index contributed by atoms with van der Waals surface area (Å²) in [5.74, 6) is 1.85. The van der Waals surface area contributed by atoms with Crippen molar-refractivity contribution in [1.29, 1.82) is 0 Å². The Morgan fingerprint density at radius 2 is 2.10 bits per heavy atom. The van der Waals surface area contributed by atoms with Crippen molar-refractivity contribution < 1.29 is 19.3 Å². The maximum Gasteiger partial charge on any atom is 0.231 e. The largest absolute Gasteiger partial charge is 0.496 e. The van der Waals surface area contributed by atoms with Gasteiger partial charge in [0.2, 0.25) is 6.79 Å². The lowest BCUT2D eigenvalue weighted by atomic mass is 10.0. The number of fused-ring (bicyclic) bond motifs is 1. The van der Waals surface area contributed by atoms with Crippen LogP contribution < -0.4 is 14.2 Å². The number of halogens is 1. The first-order chi connectivity index (χ1) is 10.2. The Bertz CT molecular complexity index is 657. The van der Waals surface area contributed by atoms with Crippen molar-refractivity contribution in [2.75, 3.05) is 13.9 Å². The normalized spacial score (nSPS) is 14.0. The number of ether oxygens (including phenoxy) is 3. The Balaban J connectivity index is 1.86. The van der Waals surface area contributed by atoms with Crippen LogP contribution in [0.3, 0.4) is 0 Å². The number of hydrogen-bond donors (Lipinski definition) is 1. The van der Waals surface area contributed by atoms with Crippen LogP contribution in [0.5, 0.6) is 17.2 Å². The highest BCUT2D eigenvalue weighted by atomic mass is 35.5. The van der Waals surface area contributed by atoms with Gasteiger partial charge in [-0.3, -0.25) is 0 Å². The minimum absolute atomic E-state index is 0.154. The molecule has 1 aliphatic heterocycles. The molecule has 1 unspecified atom stereocenters. The van der Waals surface area contributed by atoms with Crippen LogP contribution in [0, 0.1) is 0 Å². The molecule has 0 amide bonds. The number of rotatable bonds is 4. The molecule has 4 nitrogen and oxygen atoms in total. The predicted octanol–water partition coefficient (Wildman–Crippen LogP) is 3.35. The van der Waals surface area contributed by atoms with Gasteiger partial charge in [0.1, 0.15) is 5.75 Å². The molecule has 1 aliphatic rings. The predicted molar refractivity (Wildman–Crippen MR) is 79.2 cm³/mol. The van der Waals surface area contributed by atoms with Crippen molar-refractivity contribution in [2.24, 2.45) is 0 Å². The molecule has 0 saturated carbocycles. The number of benzene rings is 2. The molecule has 0 bridgehead atoms. The lowest BCUT2D eigenvalue weighted by Crippen LogP contribution is -2.03. The van der Waals surface area contributed by atoms with E-state index in [1.165, 1.54) is 0 Å². The second-order valence-corrected chi connectivity index (χ2v) is 5.18. The first-order valence-corrected chi connectivity index (χ1v) is 6.96. The van der Waals surface area contributed by atoms with Gasteiger partial charge in [-0.25, -0.2) is 0 Å². The van der Waals surface area contributed by atoms with Crippen LogP contribution in [-0.4, -0.2) is 19.0 Å². The van der Waals surface area contributed by atoms with Crippen LogP contribution in [0.2, 0.25) is 5.02 Å². The summed E-state index contributed by atoms with van der Waals surface area (Å²) in [6, 6.07) is 11.1. The van der Waals surface area contributed by atoms with E-state index in [2.05, 4.69) is 0 Å². The molecule has 0 spiro atoms. The maximum atomic E-state index is 10.4. The molecule has 0 radical (unpaired) electrons. The fraction of sp³-hybridized carbons (Fsp3) is 0.250. The van der Waals surface area contributed by atoms with Gasteiger partial charge < -0.3 is 19.3 Å². The average molecular weight is 307 g/mol. The fourth-order valence-electron chi connectivity index (χ4n) is 2.38. The Morgan fingerprint density at radius 3 is 2.90 bits per heavy atom. The lowest BCUT2D eigenvalue weighted by molar-refractivity contribution is 0.171. The van der Waals surface area contributed by atoms with Gasteiger partial charge in [-0.05, 0) is 29.3 Å². The van der Waals surface area contributed by atoms with E-state index in [1.54, 1.807) is 19.2 Å². The molecule has 0 aromatic heterocycles. The van der Waals surface area contributed by atoms with Gasteiger partial charge in [-0.2, -0.15) is 0 Å². The third-order valence-electron chi connectivity index (χ3n) is 3.44. The summed E-state index contributed by atoms with van der Waals surface area (Å²) >= 11 is 6.14. The van der Waals surface area contributed by atoms with Crippen molar-refractivity contribution in [3.05, 3.63) is 52.5 Å². The summed E-state index contributed by atoms with van der Waals surface area (Å²) in [6.07, 6.45) is -0.270. The Morgan fingerprint density at radius 1 is 1.29 bits per heavy atom. The third kappa shape index (κ3) is 2.77. The van der Waals surface area contributed by atoms with E-state index in [4.69, 9.17) is 25.8 Å². The van der Waals surface area contributed by atoms with Crippen LogP contribution in [0.1, 0.15) is 17.2 Å². The highest BCUT2D eigenvalue weighted by molar-refractivity contribution is 6.32. The topological polar surface area (TPSA) is 47.9 Å². The molecular formula is C16H15ClO4. The zero-order valence-electron chi connectivity index (χ0n) is 11.5. The second-order valence-electron chi connectivity index (χ2n) is 4.77. The number of aliphatic hydroxyl groups excluding tert-OH is 1. The molecule has 1 atom stereocenters. The summed E-state index contributed by atoms with van der Waals surface area (Å²) < 4.78 is 15.9. The maximum absolute atomic E-state index is 10.4. The standard InChI is InChI=1S/C16H15ClO4/c1-19-14-5-3-2-4-10(14)7-13(18)11-6-12(17)16-15(8-11)20-9-21-16/h2-6,8,13,18H,7,9H2,1H3. The van der Waals surface area contributed by atoms with Gasteiger partial charge in [0, 0.05) is 6.42 Å². The molecule has 1 heterocycles. The van der Waals surface area contributed by atoms with Crippen molar-refractivity contribution >= 4 is 11.6 Å². The summed E-state index contributed by atoms with van der Waals surface area (Å²) in [5.41, 5.74) is 1.62. The number of hydrogen-bond acceptors (Lipinski definition) is 4. The average Bonchev–Trinajstić information content (AvgIpc) is 2.96. The summed E-state index contributed by atoms with van der Waals surface area (Å²) in [6.45, 7) is 0.154. The number of aliphatic hydroxyl groups is 1. The molecule has 110 valence electrons. The molecule has 0 saturated heterocycles.